The van der Waals surface area contributed by atoms with Crippen molar-refractivity contribution in [1.82, 2.24) is 0 Å². The van der Waals surface area contributed by atoms with E-state index >= 15 is 0 Å². The van der Waals surface area contributed by atoms with E-state index in [-0.39, 0.29) is 0 Å². The molecule has 0 aromatic heterocycles. The molecule has 0 spiro atoms. The lowest BCUT2D eigenvalue weighted by Gasteiger charge is -1.77. The van der Waals surface area contributed by atoms with E-state index in [0.29, 0.717) is 0 Å². The van der Waals surface area contributed by atoms with Gasteiger partial charge in [0, 0.05) is 49.7 Å². The van der Waals surface area contributed by atoms with Crippen LogP contribution < -0.4 is 0 Å². The van der Waals surface area contributed by atoms with E-state index in [0.717, 1.165) is 0 Å². The SMILES string of the molecule is C1=C\N=C/C=C\N=C/C=C\N=C/C=C\N=C/1. The smallest absolute Gasteiger partial charge is 0.0283 e. The van der Waals surface area contributed by atoms with Crippen LogP contribution in [0.15, 0.2) is 69.1 Å². The first-order chi connectivity index (χ1) is 8.00. The average molecular weight is 212 g/mol. The maximum absolute atomic E-state index is 3.97. The summed E-state index contributed by atoms with van der Waals surface area (Å²) >= 11 is 0. The zero-order valence-electron chi connectivity index (χ0n) is 8.72. The molecule has 0 aromatic carbocycles. The van der Waals surface area contributed by atoms with E-state index in [4.69, 9.17) is 0 Å². The summed E-state index contributed by atoms with van der Waals surface area (Å²) < 4.78 is 0. The van der Waals surface area contributed by atoms with Crippen molar-refractivity contribution >= 4 is 24.9 Å². The van der Waals surface area contributed by atoms with E-state index in [2.05, 4.69) is 20.0 Å². The summed E-state index contributed by atoms with van der Waals surface area (Å²) in [6.07, 6.45) is 20.1. The molecular weight excluding hydrogens is 200 g/mol. The Bertz CT molecular complexity index is 255. The van der Waals surface area contributed by atoms with E-state index in [1.165, 1.54) is 0 Å². The Balaban J connectivity index is 2.67. The van der Waals surface area contributed by atoms with Gasteiger partial charge < -0.3 is 0 Å². The Kier molecular flexibility index (Phi) is 6.74. The molecule has 0 unspecified atom stereocenters. The Morgan fingerprint density at radius 3 is 0.875 bits per heavy atom. The quantitative estimate of drug-likeness (QED) is 0.591. The van der Waals surface area contributed by atoms with Crippen LogP contribution in [0.4, 0.5) is 0 Å². The van der Waals surface area contributed by atoms with Crippen molar-refractivity contribution in [3.8, 4) is 0 Å². The number of aliphatic imine (C=N–C) groups is 4. The van der Waals surface area contributed by atoms with E-state index < -0.39 is 0 Å². The molecule has 0 saturated heterocycles. The second kappa shape index (κ2) is 9.21. The third-order valence-corrected chi connectivity index (χ3v) is 1.38. The second-order valence-corrected chi connectivity index (χ2v) is 2.56. The van der Waals surface area contributed by atoms with Gasteiger partial charge in [-0.3, -0.25) is 20.0 Å². The fraction of sp³-hybridized carbons (Fsp3) is 0. The van der Waals surface area contributed by atoms with Gasteiger partial charge in [0.2, 0.25) is 0 Å². The van der Waals surface area contributed by atoms with Gasteiger partial charge in [-0.1, -0.05) is 0 Å². The molecule has 0 bridgehead atoms. The highest BCUT2D eigenvalue weighted by Crippen LogP contribution is 1.79. The lowest BCUT2D eigenvalue weighted by molar-refractivity contribution is 1.55. The summed E-state index contributed by atoms with van der Waals surface area (Å²) in [5.41, 5.74) is 0. The minimum atomic E-state index is 1.64. The van der Waals surface area contributed by atoms with Gasteiger partial charge >= 0.3 is 0 Å². The van der Waals surface area contributed by atoms with Crippen molar-refractivity contribution in [1.29, 1.82) is 0 Å². The Morgan fingerprint density at radius 2 is 0.625 bits per heavy atom. The van der Waals surface area contributed by atoms with Crippen LogP contribution in [0.2, 0.25) is 0 Å². The summed E-state index contributed by atoms with van der Waals surface area (Å²) in [4.78, 5) is 15.9. The monoisotopic (exact) mass is 212 g/mol. The Morgan fingerprint density at radius 1 is 0.375 bits per heavy atom. The fourth-order valence-electron chi connectivity index (χ4n) is 0.750. The predicted molar refractivity (Wildman–Crippen MR) is 70.5 cm³/mol. The zero-order chi connectivity index (χ0) is 11.3. The van der Waals surface area contributed by atoms with Crippen LogP contribution in [0.5, 0.6) is 0 Å². The standard InChI is InChI=1S/C12H12N4/c1-5-13-7-2-9-15-11-4-12-16-10-3-8-14-6-1/h1-12H/b5-1-,6-1?,7-2?,8-3-,9-2-,10-3?,11-4?,12-4-,13-5?,13-7-,14-6-,14-8?,15-9?,15-11-,16-10-,16-12?. The fourth-order valence-corrected chi connectivity index (χ4v) is 0.750. The maximum atomic E-state index is 3.97. The Labute approximate surface area is 94.6 Å². The zero-order valence-corrected chi connectivity index (χ0v) is 8.72. The first-order valence-corrected chi connectivity index (χ1v) is 4.73. The van der Waals surface area contributed by atoms with Gasteiger partial charge in [-0.05, 0) is 24.3 Å². The normalized spacial score (nSPS) is 32.0. The van der Waals surface area contributed by atoms with Gasteiger partial charge in [-0.25, -0.2) is 0 Å². The molecule has 0 aliphatic carbocycles. The van der Waals surface area contributed by atoms with Crippen LogP contribution in [0.1, 0.15) is 0 Å². The minimum absolute atomic E-state index is 1.64. The number of rotatable bonds is 0. The number of nitrogens with zero attached hydrogens (tertiary/aromatic N) is 4. The molecule has 80 valence electrons. The molecule has 1 aliphatic heterocycles. The molecule has 0 saturated carbocycles. The van der Waals surface area contributed by atoms with Crippen molar-refractivity contribution in [2.24, 2.45) is 20.0 Å². The van der Waals surface area contributed by atoms with Gasteiger partial charge in [0.05, 0.1) is 0 Å². The molecule has 0 amide bonds. The van der Waals surface area contributed by atoms with E-state index in [1.807, 2.05) is 0 Å². The highest BCUT2D eigenvalue weighted by molar-refractivity contribution is 5.77. The largest absolute Gasteiger partial charge is 0.265 e. The molecule has 0 atom stereocenters. The molecule has 1 rings (SSSR count). The molecule has 0 N–H and O–H groups in total. The number of hydrogen-bond acceptors (Lipinski definition) is 4. The lowest BCUT2D eigenvalue weighted by atomic mass is 10.6. The lowest BCUT2D eigenvalue weighted by Crippen LogP contribution is -1.67. The van der Waals surface area contributed by atoms with Crippen molar-refractivity contribution in [2.45, 2.75) is 0 Å². The third kappa shape index (κ3) is 7.08. The van der Waals surface area contributed by atoms with Crippen molar-refractivity contribution < 1.29 is 0 Å². The minimum Gasteiger partial charge on any atom is -0.265 e. The molecule has 1 heterocycles. The molecule has 4 heteroatoms. The van der Waals surface area contributed by atoms with Crippen molar-refractivity contribution in [2.75, 3.05) is 0 Å². The maximum Gasteiger partial charge on any atom is 0.0283 e. The van der Waals surface area contributed by atoms with Crippen molar-refractivity contribution in [3.05, 3.63) is 49.1 Å². The van der Waals surface area contributed by atoms with Crippen molar-refractivity contribution in [3.63, 3.8) is 0 Å². The molecule has 0 radical (unpaired) electrons. The average Bonchev–Trinajstić information content (AvgIpc) is 2.29. The first-order valence-electron chi connectivity index (χ1n) is 4.73. The summed E-state index contributed by atoms with van der Waals surface area (Å²) in [6, 6.07) is 0. The highest BCUT2D eigenvalue weighted by Gasteiger charge is 1.67. The first kappa shape index (κ1) is 11.7. The molecule has 0 fully saturated rings. The molecular formula is C12H12N4. The number of hydrogen-bond donors (Lipinski definition) is 0. The van der Waals surface area contributed by atoms with E-state index in [1.54, 1.807) is 74.0 Å². The summed E-state index contributed by atoms with van der Waals surface area (Å²) in [5, 5.41) is 0. The van der Waals surface area contributed by atoms with Crippen LogP contribution >= 0.6 is 0 Å². The topological polar surface area (TPSA) is 49.4 Å². The summed E-state index contributed by atoms with van der Waals surface area (Å²) in [7, 11) is 0. The highest BCUT2D eigenvalue weighted by atomic mass is 14.7. The van der Waals surface area contributed by atoms with Gasteiger partial charge in [0.25, 0.3) is 0 Å². The predicted octanol–water partition coefficient (Wildman–Crippen LogP) is 2.34. The second-order valence-electron chi connectivity index (χ2n) is 2.56. The van der Waals surface area contributed by atoms with Gasteiger partial charge in [-0.2, -0.15) is 0 Å². The van der Waals surface area contributed by atoms with Crippen LogP contribution in [0.25, 0.3) is 0 Å². The molecule has 0 aromatic rings. The Hall–Kier alpha value is -2.36. The van der Waals surface area contributed by atoms with Gasteiger partial charge in [0.15, 0.2) is 0 Å². The van der Waals surface area contributed by atoms with E-state index in [9.17, 15) is 0 Å². The molecule has 1 aliphatic rings. The molecule has 4 nitrogen and oxygen atoms in total. The summed E-state index contributed by atoms with van der Waals surface area (Å²) in [6.45, 7) is 0. The van der Waals surface area contributed by atoms with Gasteiger partial charge in [0.1, 0.15) is 0 Å². The third-order valence-electron chi connectivity index (χ3n) is 1.38. The van der Waals surface area contributed by atoms with Gasteiger partial charge in [-0.15, -0.1) is 0 Å². The van der Waals surface area contributed by atoms with Crippen LogP contribution in [0.3, 0.4) is 0 Å². The molecule has 16 heavy (non-hydrogen) atoms. The van der Waals surface area contributed by atoms with Crippen LogP contribution in [0, 0.1) is 0 Å². The van der Waals surface area contributed by atoms with Crippen LogP contribution in [-0.4, -0.2) is 24.9 Å². The summed E-state index contributed by atoms with van der Waals surface area (Å²) in [5.74, 6) is 0. The number of allylic oxidation sites excluding steroid dienone is 4. The van der Waals surface area contributed by atoms with Crippen LogP contribution in [-0.2, 0) is 0 Å².